The topological polar surface area (TPSA) is 33.3 Å². The predicted molar refractivity (Wildman–Crippen MR) is 123 cm³/mol. The summed E-state index contributed by atoms with van der Waals surface area (Å²) in [4.78, 5) is 0. The minimum absolute atomic E-state index is 0.413. The molecular weight excluding hydrogens is 380 g/mol. The number of halogens is 1. The molecule has 156 valence electrons. The van der Waals surface area contributed by atoms with Crippen LogP contribution in [0.25, 0.3) is 5.70 Å². The highest BCUT2D eigenvalue weighted by Gasteiger charge is 2.18. The average Bonchev–Trinajstić information content (AvgIpc) is 2.74. The molecule has 1 saturated heterocycles. The van der Waals surface area contributed by atoms with Crippen LogP contribution in [0.1, 0.15) is 41.5 Å². The Labute approximate surface area is 180 Å². The molecule has 0 bridgehead atoms. The van der Waals surface area contributed by atoms with Crippen LogP contribution in [0.2, 0.25) is 5.02 Å². The van der Waals surface area contributed by atoms with Crippen molar-refractivity contribution in [1.29, 1.82) is 0 Å². The maximum Gasteiger partial charge on any atom is 0.0494 e. The number of likely N-dealkylation sites (N-methyl/N-ethyl adjacent to an activating group) is 1. The molecule has 0 saturated carbocycles. The van der Waals surface area contributed by atoms with Gasteiger partial charge in [-0.3, -0.25) is 0 Å². The normalized spacial score (nSPS) is 17.7. The van der Waals surface area contributed by atoms with Gasteiger partial charge in [-0.15, -0.1) is 0 Å². The van der Waals surface area contributed by atoms with Gasteiger partial charge in [0.05, 0.1) is 0 Å². The van der Waals surface area contributed by atoms with Crippen LogP contribution in [0.5, 0.6) is 0 Å². The van der Waals surface area contributed by atoms with Gasteiger partial charge in [0.25, 0.3) is 0 Å². The SMILES string of the molecule is C=C(NCC(CC1CCCOC1)NC)c1cccc(Cc2cc(Cl)ccc2C)c1. The van der Waals surface area contributed by atoms with Gasteiger partial charge in [0, 0.05) is 36.5 Å². The van der Waals surface area contributed by atoms with E-state index in [0.717, 1.165) is 48.9 Å². The van der Waals surface area contributed by atoms with Crippen LogP contribution < -0.4 is 10.6 Å². The number of hydrogen-bond acceptors (Lipinski definition) is 3. The molecule has 2 atom stereocenters. The third-order valence-corrected chi connectivity index (χ3v) is 6.06. The zero-order valence-corrected chi connectivity index (χ0v) is 18.4. The lowest BCUT2D eigenvalue weighted by Crippen LogP contribution is -2.38. The lowest BCUT2D eigenvalue weighted by atomic mass is 9.94. The first kappa shape index (κ1) is 21.9. The van der Waals surface area contributed by atoms with Gasteiger partial charge in [0.15, 0.2) is 0 Å². The van der Waals surface area contributed by atoms with E-state index < -0.39 is 0 Å². The Morgan fingerprint density at radius 2 is 2.14 bits per heavy atom. The summed E-state index contributed by atoms with van der Waals surface area (Å²) in [6.45, 7) is 9.08. The Morgan fingerprint density at radius 3 is 2.90 bits per heavy atom. The molecule has 2 aromatic carbocycles. The van der Waals surface area contributed by atoms with Crippen molar-refractivity contribution >= 4 is 17.3 Å². The Balaban J connectivity index is 1.57. The second-order valence-corrected chi connectivity index (χ2v) is 8.55. The van der Waals surface area contributed by atoms with Crippen LogP contribution in [-0.4, -0.2) is 32.8 Å². The Kier molecular flexibility index (Phi) is 8.17. The van der Waals surface area contributed by atoms with Crippen molar-refractivity contribution in [3.05, 3.63) is 76.3 Å². The van der Waals surface area contributed by atoms with Gasteiger partial charge in [-0.05, 0) is 86.0 Å². The summed E-state index contributed by atoms with van der Waals surface area (Å²) >= 11 is 6.18. The van der Waals surface area contributed by atoms with E-state index in [-0.39, 0.29) is 0 Å². The first-order chi connectivity index (χ1) is 14.0. The van der Waals surface area contributed by atoms with Gasteiger partial charge in [-0.1, -0.05) is 42.4 Å². The molecule has 1 aliphatic heterocycles. The zero-order chi connectivity index (χ0) is 20.6. The summed E-state index contributed by atoms with van der Waals surface area (Å²) in [5, 5.41) is 7.76. The minimum atomic E-state index is 0.413. The van der Waals surface area contributed by atoms with Crippen molar-refractivity contribution in [2.75, 3.05) is 26.8 Å². The molecule has 1 heterocycles. The largest absolute Gasteiger partial charge is 0.383 e. The van der Waals surface area contributed by atoms with E-state index in [2.05, 4.69) is 60.5 Å². The van der Waals surface area contributed by atoms with E-state index in [9.17, 15) is 0 Å². The van der Waals surface area contributed by atoms with E-state index in [0.29, 0.717) is 12.0 Å². The van der Waals surface area contributed by atoms with Crippen LogP contribution >= 0.6 is 11.6 Å². The summed E-state index contributed by atoms with van der Waals surface area (Å²) in [5.74, 6) is 0.653. The Hall–Kier alpha value is -1.81. The van der Waals surface area contributed by atoms with Crippen LogP contribution in [0, 0.1) is 12.8 Å². The minimum Gasteiger partial charge on any atom is -0.383 e. The third-order valence-electron chi connectivity index (χ3n) is 5.82. The standard InChI is InChI=1S/C25H33ClN2O/c1-18-9-10-24(26)15-23(18)13-20-6-4-8-22(12-20)19(2)28-16-25(27-3)14-21-7-5-11-29-17-21/h4,6,8-10,12,15,21,25,27-28H,2,5,7,11,13-14,16-17H2,1,3H3. The lowest BCUT2D eigenvalue weighted by Gasteiger charge is -2.27. The smallest absolute Gasteiger partial charge is 0.0494 e. The number of nitrogens with one attached hydrogen (secondary N) is 2. The highest BCUT2D eigenvalue weighted by Crippen LogP contribution is 2.21. The molecule has 0 radical (unpaired) electrons. The molecule has 29 heavy (non-hydrogen) atoms. The summed E-state index contributed by atoms with van der Waals surface area (Å²) < 4.78 is 5.63. The summed E-state index contributed by atoms with van der Waals surface area (Å²) in [6, 6.07) is 15.1. The van der Waals surface area contributed by atoms with E-state index in [4.69, 9.17) is 16.3 Å². The second kappa shape index (κ2) is 10.8. The van der Waals surface area contributed by atoms with Gasteiger partial charge in [0.2, 0.25) is 0 Å². The van der Waals surface area contributed by atoms with Gasteiger partial charge >= 0.3 is 0 Å². The van der Waals surface area contributed by atoms with Gasteiger partial charge < -0.3 is 15.4 Å². The molecule has 2 unspecified atom stereocenters. The number of ether oxygens (including phenoxy) is 1. The molecule has 0 aliphatic carbocycles. The predicted octanol–water partition coefficient (Wildman–Crippen LogP) is 5.20. The van der Waals surface area contributed by atoms with E-state index in [1.807, 2.05) is 13.1 Å². The first-order valence-electron chi connectivity index (χ1n) is 10.6. The maximum atomic E-state index is 6.18. The molecular formula is C25H33ClN2O. The van der Waals surface area contributed by atoms with Crippen molar-refractivity contribution in [3.63, 3.8) is 0 Å². The molecule has 0 aromatic heterocycles. The number of aryl methyl sites for hydroxylation is 1. The fraction of sp³-hybridized carbons (Fsp3) is 0.440. The molecule has 4 heteroatoms. The number of rotatable bonds is 9. The van der Waals surface area contributed by atoms with Crippen LogP contribution in [0.3, 0.4) is 0 Å². The molecule has 0 amide bonds. The van der Waals surface area contributed by atoms with Crippen LogP contribution in [0.15, 0.2) is 49.0 Å². The molecule has 0 spiro atoms. The fourth-order valence-corrected chi connectivity index (χ4v) is 4.16. The maximum absolute atomic E-state index is 6.18. The number of benzene rings is 2. The summed E-state index contributed by atoms with van der Waals surface area (Å²) in [5.41, 5.74) is 5.90. The average molecular weight is 413 g/mol. The van der Waals surface area contributed by atoms with Gasteiger partial charge in [-0.25, -0.2) is 0 Å². The van der Waals surface area contributed by atoms with E-state index in [1.54, 1.807) is 0 Å². The van der Waals surface area contributed by atoms with Gasteiger partial charge in [0.1, 0.15) is 0 Å². The van der Waals surface area contributed by atoms with E-state index >= 15 is 0 Å². The first-order valence-corrected chi connectivity index (χ1v) is 10.9. The highest BCUT2D eigenvalue weighted by atomic mass is 35.5. The summed E-state index contributed by atoms with van der Waals surface area (Å²) in [7, 11) is 2.03. The van der Waals surface area contributed by atoms with Crippen LogP contribution in [0.4, 0.5) is 0 Å². The molecule has 2 aromatic rings. The molecule has 1 fully saturated rings. The van der Waals surface area contributed by atoms with Crippen molar-refractivity contribution in [2.45, 2.75) is 38.6 Å². The molecule has 1 aliphatic rings. The van der Waals surface area contributed by atoms with Crippen molar-refractivity contribution in [3.8, 4) is 0 Å². The molecule has 3 rings (SSSR count). The fourth-order valence-electron chi connectivity index (χ4n) is 3.97. The molecule has 3 nitrogen and oxygen atoms in total. The number of hydrogen-bond donors (Lipinski definition) is 2. The van der Waals surface area contributed by atoms with E-state index in [1.165, 1.54) is 29.5 Å². The monoisotopic (exact) mass is 412 g/mol. The quantitative estimate of drug-likeness (QED) is 0.593. The molecule has 2 N–H and O–H groups in total. The van der Waals surface area contributed by atoms with Gasteiger partial charge in [-0.2, -0.15) is 0 Å². The third kappa shape index (κ3) is 6.60. The second-order valence-electron chi connectivity index (χ2n) is 8.11. The van der Waals surface area contributed by atoms with Crippen LogP contribution in [-0.2, 0) is 11.2 Å². The Morgan fingerprint density at radius 1 is 1.28 bits per heavy atom. The van der Waals surface area contributed by atoms with Crippen molar-refractivity contribution < 1.29 is 4.74 Å². The zero-order valence-electron chi connectivity index (χ0n) is 17.6. The van der Waals surface area contributed by atoms with Crippen molar-refractivity contribution in [2.24, 2.45) is 5.92 Å². The highest BCUT2D eigenvalue weighted by molar-refractivity contribution is 6.30. The summed E-state index contributed by atoms with van der Waals surface area (Å²) in [6.07, 6.45) is 4.45. The lowest BCUT2D eigenvalue weighted by molar-refractivity contribution is 0.0480. The van der Waals surface area contributed by atoms with Crippen molar-refractivity contribution in [1.82, 2.24) is 10.6 Å². The Bertz CT molecular complexity index is 814.